The number of allylic oxidation sites excluding steroid dienone is 1. The van der Waals surface area contributed by atoms with Crippen LogP contribution in [0.5, 0.6) is 0 Å². The van der Waals surface area contributed by atoms with Crippen molar-refractivity contribution < 1.29 is 18.0 Å². The third-order valence-corrected chi connectivity index (χ3v) is 4.94. The number of anilines is 1. The van der Waals surface area contributed by atoms with Gasteiger partial charge in [0.1, 0.15) is 0 Å². The number of nitrogens with one attached hydrogen (secondary N) is 1. The summed E-state index contributed by atoms with van der Waals surface area (Å²) in [6.07, 6.45) is 0.314. The third kappa shape index (κ3) is 6.92. The van der Waals surface area contributed by atoms with Crippen LogP contribution < -0.4 is 5.32 Å². The molecule has 1 saturated heterocycles. The minimum absolute atomic E-state index is 0.0761. The van der Waals surface area contributed by atoms with Crippen LogP contribution >= 0.6 is 23.4 Å². The summed E-state index contributed by atoms with van der Waals surface area (Å²) in [5, 5.41) is 3.59. The van der Waals surface area contributed by atoms with E-state index in [1.165, 1.54) is 0 Å². The van der Waals surface area contributed by atoms with E-state index in [-0.39, 0.29) is 5.75 Å². The third-order valence-electron chi connectivity index (χ3n) is 3.68. The minimum atomic E-state index is -2.30. The first-order valence-corrected chi connectivity index (χ1v) is 9.54. The summed E-state index contributed by atoms with van der Waals surface area (Å²) in [5.41, 5.74) is 0.541. The molecule has 0 radical (unpaired) electrons. The molecule has 2 amide bonds. The maximum absolute atomic E-state index is 13.0. The lowest BCUT2D eigenvalue weighted by atomic mass is 10.1. The Hall–Kier alpha value is -1.67. The first-order chi connectivity index (χ1) is 12.5. The van der Waals surface area contributed by atoms with E-state index in [1.807, 2.05) is 4.90 Å². The summed E-state index contributed by atoms with van der Waals surface area (Å²) in [5.74, 6) is -1.35. The van der Waals surface area contributed by atoms with Gasteiger partial charge in [0.25, 0.3) is 0 Å². The topological polar surface area (TPSA) is 44.7 Å². The van der Waals surface area contributed by atoms with E-state index >= 15 is 0 Å². The van der Waals surface area contributed by atoms with Crippen molar-refractivity contribution in [3.63, 3.8) is 0 Å². The number of halogens is 4. The van der Waals surface area contributed by atoms with Crippen molar-refractivity contribution in [2.24, 2.45) is 4.99 Å². The van der Waals surface area contributed by atoms with Crippen molar-refractivity contribution in [2.45, 2.75) is 25.7 Å². The van der Waals surface area contributed by atoms with Crippen LogP contribution in [0.2, 0.25) is 5.02 Å². The van der Waals surface area contributed by atoms with Gasteiger partial charge in [0.2, 0.25) is 0 Å². The van der Waals surface area contributed by atoms with Crippen molar-refractivity contribution in [3.8, 4) is 0 Å². The molecule has 9 heteroatoms. The number of benzene rings is 1. The molecule has 0 aliphatic carbocycles. The van der Waals surface area contributed by atoms with E-state index < -0.39 is 24.4 Å². The van der Waals surface area contributed by atoms with Crippen LogP contribution in [0.3, 0.4) is 0 Å². The number of piperidine rings is 1. The maximum atomic E-state index is 13.0. The number of rotatable bonds is 4. The molecule has 1 fully saturated rings. The van der Waals surface area contributed by atoms with E-state index in [9.17, 15) is 18.0 Å². The van der Waals surface area contributed by atoms with Gasteiger partial charge < -0.3 is 10.2 Å². The van der Waals surface area contributed by atoms with Gasteiger partial charge in [0.05, 0.1) is 0 Å². The van der Waals surface area contributed by atoms with Gasteiger partial charge in [-0.2, -0.15) is 13.8 Å². The fraction of sp³-hybridized carbons (Fsp3) is 0.412. The quantitative estimate of drug-likeness (QED) is 0.500. The number of carbonyl (C=O) groups excluding carboxylic acids is 1. The molecule has 0 saturated carbocycles. The highest BCUT2D eigenvalue weighted by Gasteiger charge is 2.17. The minimum Gasteiger partial charge on any atom is -0.351 e. The predicted molar refractivity (Wildman–Crippen MR) is 101 cm³/mol. The first-order valence-electron chi connectivity index (χ1n) is 8.18. The Morgan fingerprint density at radius 3 is 2.42 bits per heavy atom. The number of hydrogen-bond acceptors (Lipinski definition) is 2. The first kappa shape index (κ1) is 20.6. The monoisotopic (exact) mass is 405 g/mol. The Bertz CT molecular complexity index is 672. The molecule has 1 heterocycles. The largest absolute Gasteiger partial charge is 0.351 e. The van der Waals surface area contributed by atoms with Crippen molar-refractivity contribution in [1.82, 2.24) is 4.90 Å². The molecule has 1 aliphatic rings. The van der Waals surface area contributed by atoms with Crippen molar-refractivity contribution in [1.29, 1.82) is 0 Å². The molecule has 2 rings (SSSR count). The number of urea groups is 1. The Kier molecular flexibility index (Phi) is 8.31. The normalized spacial score (nSPS) is 14.9. The number of amidine groups is 1. The Morgan fingerprint density at radius 1 is 1.15 bits per heavy atom. The molecular weight excluding hydrogens is 387 g/mol. The summed E-state index contributed by atoms with van der Waals surface area (Å²) >= 11 is 6.90. The molecule has 4 nitrogen and oxygen atoms in total. The van der Waals surface area contributed by atoms with Gasteiger partial charge in [-0.3, -0.25) is 0 Å². The molecule has 0 atom stereocenters. The molecule has 0 spiro atoms. The maximum Gasteiger partial charge on any atom is 0.347 e. The lowest BCUT2D eigenvalue weighted by Crippen LogP contribution is -2.35. The molecule has 1 aromatic carbocycles. The molecule has 142 valence electrons. The van der Waals surface area contributed by atoms with Crippen LogP contribution in [0.25, 0.3) is 0 Å². The second kappa shape index (κ2) is 10.5. The number of thioether (sulfide) groups is 1. The van der Waals surface area contributed by atoms with Gasteiger partial charge in [0.15, 0.2) is 11.0 Å². The van der Waals surface area contributed by atoms with Gasteiger partial charge in [-0.25, -0.2) is 9.18 Å². The van der Waals surface area contributed by atoms with E-state index in [1.54, 1.807) is 24.3 Å². The van der Waals surface area contributed by atoms with E-state index in [0.29, 0.717) is 15.9 Å². The lowest BCUT2D eigenvalue weighted by Gasteiger charge is -2.29. The van der Waals surface area contributed by atoms with Crippen LogP contribution in [0.4, 0.5) is 23.7 Å². The van der Waals surface area contributed by atoms with Crippen LogP contribution in [-0.4, -0.2) is 34.9 Å². The number of carbonyl (C=O) groups is 1. The summed E-state index contributed by atoms with van der Waals surface area (Å²) in [7, 11) is 0. The number of amides is 2. The number of nitrogens with zero attached hydrogens (tertiary/aromatic N) is 2. The van der Waals surface area contributed by atoms with Gasteiger partial charge in [0, 0.05) is 36.0 Å². The number of likely N-dealkylation sites (tertiary alicyclic amines) is 1. The highest BCUT2D eigenvalue weighted by molar-refractivity contribution is 8.13. The molecule has 1 N–H and O–H groups in total. The smallest absolute Gasteiger partial charge is 0.347 e. The van der Waals surface area contributed by atoms with E-state index in [0.717, 1.165) is 44.1 Å². The van der Waals surface area contributed by atoms with E-state index in [2.05, 4.69) is 10.3 Å². The SMILES string of the molecule is O=C(/N=C(/SCCC(F)=C(F)F)N1CCCCC1)Nc1ccc(Cl)cc1. The van der Waals surface area contributed by atoms with Gasteiger partial charge in [-0.1, -0.05) is 23.4 Å². The molecule has 1 aliphatic heterocycles. The van der Waals surface area contributed by atoms with Crippen LogP contribution in [0.1, 0.15) is 25.7 Å². The summed E-state index contributed by atoms with van der Waals surface area (Å²) in [6, 6.07) is 6.00. The second-order valence-corrected chi connectivity index (χ2v) is 7.14. The van der Waals surface area contributed by atoms with Gasteiger partial charge in [-0.05, 0) is 43.5 Å². The molecule has 0 bridgehead atoms. The van der Waals surface area contributed by atoms with Gasteiger partial charge >= 0.3 is 12.1 Å². The second-order valence-electron chi connectivity index (χ2n) is 5.64. The van der Waals surface area contributed by atoms with Crippen molar-refractivity contribution in [3.05, 3.63) is 41.2 Å². The standard InChI is InChI=1S/C17H19ClF3N3OS/c18-12-4-6-13(7-5-12)22-16(25)23-17(24-9-2-1-3-10-24)26-11-8-14(19)15(20)21/h4-7H,1-3,8-11H2,(H,22,25)/b23-17+. The van der Waals surface area contributed by atoms with Gasteiger partial charge in [-0.15, -0.1) is 0 Å². The predicted octanol–water partition coefficient (Wildman–Crippen LogP) is 5.91. The number of aliphatic imine (C=N–C) groups is 1. The highest BCUT2D eigenvalue weighted by atomic mass is 35.5. The number of hydrogen-bond donors (Lipinski definition) is 1. The van der Waals surface area contributed by atoms with E-state index in [4.69, 9.17) is 11.6 Å². The fourth-order valence-electron chi connectivity index (χ4n) is 2.38. The average Bonchev–Trinajstić information content (AvgIpc) is 2.63. The van der Waals surface area contributed by atoms with Crippen molar-refractivity contribution >= 4 is 40.2 Å². The van der Waals surface area contributed by atoms with Crippen LogP contribution in [0, 0.1) is 0 Å². The molecule has 0 unspecified atom stereocenters. The molecule has 0 aromatic heterocycles. The zero-order valence-corrected chi connectivity index (χ0v) is 15.6. The van der Waals surface area contributed by atoms with Crippen LogP contribution in [0.15, 0.2) is 41.2 Å². The average molecular weight is 406 g/mol. The summed E-state index contributed by atoms with van der Waals surface area (Å²) < 4.78 is 37.3. The highest BCUT2D eigenvalue weighted by Crippen LogP contribution is 2.21. The zero-order valence-electron chi connectivity index (χ0n) is 14.0. The Labute approximate surface area is 159 Å². The fourth-order valence-corrected chi connectivity index (χ4v) is 3.48. The van der Waals surface area contributed by atoms with Crippen molar-refractivity contribution in [2.75, 3.05) is 24.2 Å². The summed E-state index contributed by atoms with van der Waals surface area (Å²) in [4.78, 5) is 18.2. The molecule has 26 heavy (non-hydrogen) atoms. The lowest BCUT2D eigenvalue weighted by molar-refractivity contribution is 0.259. The Balaban J connectivity index is 2.03. The zero-order chi connectivity index (χ0) is 18.9. The Morgan fingerprint density at radius 2 is 1.81 bits per heavy atom. The molecule has 1 aromatic rings. The van der Waals surface area contributed by atoms with Crippen LogP contribution in [-0.2, 0) is 0 Å². The summed E-state index contributed by atoms with van der Waals surface area (Å²) in [6.45, 7) is 1.46. The molecular formula is C17H19ClF3N3OS.